The summed E-state index contributed by atoms with van der Waals surface area (Å²) in [7, 11) is 3.31. The molecule has 0 radical (unpaired) electrons. The van der Waals surface area contributed by atoms with E-state index in [0.29, 0.717) is 6.54 Å². The topological polar surface area (TPSA) is 77.3 Å². The third-order valence-corrected chi connectivity index (χ3v) is 5.15. The highest BCUT2D eigenvalue weighted by molar-refractivity contribution is 5.85. The molecule has 0 bridgehead atoms. The van der Waals surface area contributed by atoms with Gasteiger partial charge in [0.1, 0.15) is 17.6 Å². The lowest BCUT2D eigenvalue weighted by Crippen LogP contribution is -2.51. The summed E-state index contributed by atoms with van der Waals surface area (Å²) in [6, 6.07) is 5.93. The van der Waals surface area contributed by atoms with Crippen LogP contribution >= 0.6 is 24.8 Å². The standard InChI is InChI=1S/C19H29N3O4.2ClH/c1-24-16-9-14(10-17(11-16)25-2)13-21-5-7-22(8-6-21)19(23)18-4-3-15(12-20)26-18;;/h9-11,15,18H,3-8,12-13,20H2,1-2H3;2*1H/t15-,18+;;/m1../s1. The zero-order chi connectivity index (χ0) is 18.5. The molecular formula is C19H31Cl2N3O4. The Balaban J connectivity index is 0.00000196. The summed E-state index contributed by atoms with van der Waals surface area (Å²) >= 11 is 0. The van der Waals surface area contributed by atoms with Crippen LogP contribution in [-0.2, 0) is 16.1 Å². The minimum Gasteiger partial charge on any atom is -0.497 e. The number of halogens is 2. The van der Waals surface area contributed by atoms with E-state index < -0.39 is 0 Å². The first-order valence-corrected chi connectivity index (χ1v) is 9.21. The number of methoxy groups -OCH3 is 2. The van der Waals surface area contributed by atoms with Crippen LogP contribution in [0.3, 0.4) is 0 Å². The molecule has 1 amide bonds. The van der Waals surface area contributed by atoms with Gasteiger partial charge >= 0.3 is 0 Å². The van der Waals surface area contributed by atoms with E-state index in [1.54, 1.807) is 14.2 Å². The fourth-order valence-electron chi connectivity index (χ4n) is 3.61. The average Bonchev–Trinajstić information content (AvgIpc) is 3.17. The van der Waals surface area contributed by atoms with E-state index in [0.717, 1.165) is 62.6 Å². The number of carbonyl (C=O) groups is 1. The Labute approximate surface area is 179 Å². The maximum absolute atomic E-state index is 12.6. The maximum atomic E-state index is 12.6. The molecule has 0 saturated carbocycles. The molecule has 1 aromatic carbocycles. The van der Waals surface area contributed by atoms with Crippen LogP contribution in [0.4, 0.5) is 0 Å². The van der Waals surface area contributed by atoms with Crippen LogP contribution in [0.2, 0.25) is 0 Å². The molecule has 0 aliphatic carbocycles. The third-order valence-electron chi connectivity index (χ3n) is 5.15. The Morgan fingerprint density at radius 3 is 2.18 bits per heavy atom. The normalized spacial score (nSPS) is 22.2. The van der Waals surface area contributed by atoms with E-state index in [4.69, 9.17) is 19.9 Å². The van der Waals surface area contributed by atoms with Crippen molar-refractivity contribution in [1.82, 2.24) is 9.80 Å². The SMILES string of the molecule is COc1cc(CN2CCN(C(=O)[C@@H]3CC[C@H](CN)O3)CC2)cc(OC)c1.Cl.Cl. The predicted octanol–water partition coefficient (Wildman–Crippen LogP) is 1.70. The van der Waals surface area contributed by atoms with E-state index >= 15 is 0 Å². The van der Waals surface area contributed by atoms with Gasteiger partial charge in [0.2, 0.25) is 0 Å². The van der Waals surface area contributed by atoms with Crippen LogP contribution in [-0.4, -0.2) is 74.9 Å². The quantitative estimate of drug-likeness (QED) is 0.732. The van der Waals surface area contributed by atoms with Crippen molar-refractivity contribution in [1.29, 1.82) is 0 Å². The Kier molecular flexibility index (Phi) is 10.3. The summed E-state index contributed by atoms with van der Waals surface area (Å²) in [4.78, 5) is 16.9. The maximum Gasteiger partial charge on any atom is 0.251 e. The van der Waals surface area contributed by atoms with Crippen molar-refractivity contribution in [2.75, 3.05) is 46.9 Å². The van der Waals surface area contributed by atoms with Crippen LogP contribution in [0.5, 0.6) is 11.5 Å². The first-order chi connectivity index (χ1) is 12.6. The number of ether oxygens (including phenoxy) is 3. The molecule has 3 rings (SSSR count). The largest absolute Gasteiger partial charge is 0.497 e. The van der Waals surface area contributed by atoms with Crippen molar-refractivity contribution in [3.63, 3.8) is 0 Å². The van der Waals surface area contributed by atoms with Gasteiger partial charge in [0.15, 0.2) is 0 Å². The molecule has 0 aromatic heterocycles. The number of nitrogens with zero attached hydrogens (tertiary/aromatic N) is 2. The lowest BCUT2D eigenvalue weighted by atomic mass is 10.1. The summed E-state index contributed by atoms with van der Waals surface area (Å²) in [5.74, 6) is 1.70. The molecular weight excluding hydrogens is 405 g/mol. The molecule has 0 spiro atoms. The van der Waals surface area contributed by atoms with Crippen LogP contribution in [0.1, 0.15) is 18.4 Å². The summed E-state index contributed by atoms with van der Waals surface area (Å²) in [6.07, 6.45) is 1.39. The van der Waals surface area contributed by atoms with Gasteiger partial charge in [-0.25, -0.2) is 0 Å². The van der Waals surface area contributed by atoms with Gasteiger partial charge in [-0.1, -0.05) is 0 Å². The highest BCUT2D eigenvalue weighted by Gasteiger charge is 2.34. The minimum absolute atomic E-state index is 0. The molecule has 2 aliphatic heterocycles. The highest BCUT2D eigenvalue weighted by Crippen LogP contribution is 2.24. The van der Waals surface area contributed by atoms with Gasteiger partial charge in [0.05, 0.1) is 20.3 Å². The van der Waals surface area contributed by atoms with Crippen LogP contribution in [0.25, 0.3) is 0 Å². The molecule has 2 N–H and O–H groups in total. The minimum atomic E-state index is -0.308. The fraction of sp³-hybridized carbons (Fsp3) is 0.632. The zero-order valence-corrected chi connectivity index (χ0v) is 18.1. The molecule has 2 fully saturated rings. The van der Waals surface area contributed by atoms with Gasteiger partial charge in [-0.05, 0) is 30.5 Å². The molecule has 9 heteroatoms. The van der Waals surface area contributed by atoms with Crippen molar-refractivity contribution >= 4 is 30.7 Å². The number of nitrogens with two attached hydrogens (primary N) is 1. The molecule has 2 atom stereocenters. The fourth-order valence-corrected chi connectivity index (χ4v) is 3.61. The zero-order valence-electron chi connectivity index (χ0n) is 16.5. The molecule has 7 nitrogen and oxygen atoms in total. The number of carbonyl (C=O) groups excluding carboxylic acids is 1. The van der Waals surface area contributed by atoms with Crippen molar-refractivity contribution in [2.45, 2.75) is 31.6 Å². The van der Waals surface area contributed by atoms with E-state index in [1.807, 2.05) is 23.1 Å². The third kappa shape index (κ3) is 6.12. The molecule has 160 valence electrons. The molecule has 1 aromatic rings. The van der Waals surface area contributed by atoms with Crippen molar-refractivity contribution < 1.29 is 19.0 Å². The van der Waals surface area contributed by atoms with Gasteiger partial charge in [-0.3, -0.25) is 9.69 Å². The first-order valence-electron chi connectivity index (χ1n) is 9.21. The Morgan fingerprint density at radius 1 is 1.07 bits per heavy atom. The average molecular weight is 436 g/mol. The first kappa shape index (κ1) is 24.8. The summed E-state index contributed by atoms with van der Waals surface area (Å²) < 4.78 is 16.4. The van der Waals surface area contributed by atoms with E-state index in [-0.39, 0.29) is 42.9 Å². The van der Waals surface area contributed by atoms with Crippen LogP contribution < -0.4 is 15.2 Å². The van der Waals surface area contributed by atoms with Gasteiger partial charge in [-0.15, -0.1) is 24.8 Å². The van der Waals surface area contributed by atoms with Gasteiger partial charge in [-0.2, -0.15) is 0 Å². The van der Waals surface area contributed by atoms with E-state index in [2.05, 4.69) is 4.90 Å². The predicted molar refractivity (Wildman–Crippen MR) is 113 cm³/mol. The Bertz CT molecular complexity index is 605. The van der Waals surface area contributed by atoms with Crippen LogP contribution in [0.15, 0.2) is 18.2 Å². The summed E-state index contributed by atoms with van der Waals surface area (Å²) in [5, 5.41) is 0. The van der Waals surface area contributed by atoms with Gasteiger partial charge < -0.3 is 24.8 Å². The summed E-state index contributed by atoms with van der Waals surface area (Å²) in [6.45, 7) is 4.45. The molecule has 2 heterocycles. The number of benzene rings is 1. The monoisotopic (exact) mass is 435 g/mol. The number of hydrogen-bond donors (Lipinski definition) is 1. The second-order valence-corrected chi connectivity index (χ2v) is 6.88. The Hall–Kier alpha value is -1.25. The second-order valence-electron chi connectivity index (χ2n) is 6.88. The molecule has 28 heavy (non-hydrogen) atoms. The Morgan fingerprint density at radius 2 is 1.68 bits per heavy atom. The molecule has 2 saturated heterocycles. The smallest absolute Gasteiger partial charge is 0.251 e. The number of hydrogen-bond acceptors (Lipinski definition) is 6. The van der Waals surface area contributed by atoms with Gasteiger partial charge in [0.25, 0.3) is 5.91 Å². The van der Waals surface area contributed by atoms with Crippen molar-refractivity contribution in [3.8, 4) is 11.5 Å². The van der Waals surface area contributed by atoms with Crippen LogP contribution in [0, 0.1) is 0 Å². The number of piperazine rings is 1. The van der Waals surface area contributed by atoms with Crippen molar-refractivity contribution in [2.24, 2.45) is 5.73 Å². The van der Waals surface area contributed by atoms with E-state index in [1.165, 1.54) is 0 Å². The number of amides is 1. The van der Waals surface area contributed by atoms with Gasteiger partial charge in [0, 0.05) is 45.3 Å². The lowest BCUT2D eigenvalue weighted by Gasteiger charge is -2.36. The van der Waals surface area contributed by atoms with E-state index in [9.17, 15) is 4.79 Å². The highest BCUT2D eigenvalue weighted by atomic mass is 35.5. The number of rotatable bonds is 6. The second kappa shape index (κ2) is 11.7. The lowest BCUT2D eigenvalue weighted by molar-refractivity contribution is -0.144. The molecule has 0 unspecified atom stereocenters. The van der Waals surface area contributed by atoms with Crippen molar-refractivity contribution in [3.05, 3.63) is 23.8 Å². The summed E-state index contributed by atoms with van der Waals surface area (Å²) in [5.41, 5.74) is 6.78. The molecule has 2 aliphatic rings.